The van der Waals surface area contributed by atoms with Gasteiger partial charge in [0.25, 0.3) is 0 Å². The van der Waals surface area contributed by atoms with Gasteiger partial charge in [-0.05, 0) is 54.7 Å². The van der Waals surface area contributed by atoms with Gasteiger partial charge < -0.3 is 4.90 Å². The fraction of sp³-hybridized carbons (Fsp3) is 0.368. The molecule has 3 rings (SSSR count). The Morgan fingerprint density at radius 1 is 1.00 bits per heavy atom. The largest absolute Gasteiger partial charge is 0.371 e. The topological polar surface area (TPSA) is 28.0 Å². The van der Waals surface area contributed by atoms with E-state index < -0.39 is 0 Å². The first-order valence-electron chi connectivity index (χ1n) is 8.07. The van der Waals surface area contributed by atoms with E-state index in [0.717, 1.165) is 30.9 Å². The molecule has 22 heavy (non-hydrogen) atoms. The lowest BCUT2D eigenvalue weighted by Gasteiger charge is -2.32. The lowest BCUT2D eigenvalue weighted by molar-refractivity contribution is 0.585. The highest BCUT2D eigenvalue weighted by Crippen LogP contribution is 2.31. The number of aryl methyl sites for hydroxylation is 1. The molecule has 0 atom stereocenters. The van der Waals surface area contributed by atoms with Crippen molar-refractivity contribution in [3.63, 3.8) is 0 Å². The monoisotopic (exact) mass is 293 g/mol. The van der Waals surface area contributed by atoms with E-state index in [1.54, 1.807) is 0 Å². The van der Waals surface area contributed by atoms with Gasteiger partial charge in [-0.3, -0.25) is 0 Å². The molecule has 1 aliphatic heterocycles. The Balaban J connectivity index is 1.80. The summed E-state index contributed by atoms with van der Waals surface area (Å²) >= 11 is 0. The zero-order valence-corrected chi connectivity index (χ0v) is 13.4. The van der Waals surface area contributed by atoms with Gasteiger partial charge in [0.2, 0.25) is 0 Å². The van der Waals surface area contributed by atoms with E-state index in [-0.39, 0.29) is 0 Å². The Bertz CT molecular complexity index is 647. The highest BCUT2D eigenvalue weighted by molar-refractivity contribution is 5.60. The van der Waals surface area contributed by atoms with Crippen LogP contribution in [-0.2, 0) is 6.42 Å². The molecule has 0 N–H and O–H groups in total. The molecular formula is C19H23N3. The predicted molar refractivity (Wildman–Crippen MR) is 92.4 cm³/mol. The van der Waals surface area contributed by atoms with Crippen molar-refractivity contribution in [3.8, 4) is 0 Å². The number of nitrogens with zero attached hydrogens (tertiary/aromatic N) is 3. The average Bonchev–Trinajstić information content (AvgIpc) is 2.53. The van der Waals surface area contributed by atoms with Crippen molar-refractivity contribution < 1.29 is 0 Å². The number of fused-ring (bicyclic) bond motifs is 1. The van der Waals surface area contributed by atoms with Gasteiger partial charge in [-0.15, -0.1) is 0 Å². The molecule has 0 saturated carbocycles. The minimum absolute atomic E-state index is 0.684. The molecule has 3 nitrogen and oxygen atoms in total. The summed E-state index contributed by atoms with van der Waals surface area (Å²) in [6.45, 7) is 6.83. The van der Waals surface area contributed by atoms with E-state index in [0.29, 0.717) is 5.92 Å². The molecule has 114 valence electrons. The van der Waals surface area contributed by atoms with Crippen molar-refractivity contribution in [2.24, 2.45) is 16.1 Å². The van der Waals surface area contributed by atoms with Gasteiger partial charge in [0.1, 0.15) is 0 Å². The quantitative estimate of drug-likeness (QED) is 0.683. The van der Waals surface area contributed by atoms with Crippen molar-refractivity contribution in [1.82, 2.24) is 0 Å². The maximum atomic E-state index is 4.38. The van der Waals surface area contributed by atoms with E-state index in [1.165, 1.54) is 17.7 Å². The Kier molecular flexibility index (Phi) is 4.52. The summed E-state index contributed by atoms with van der Waals surface area (Å²) in [5, 5.41) is 8.68. The van der Waals surface area contributed by atoms with E-state index in [9.17, 15) is 0 Å². The lowest BCUT2D eigenvalue weighted by Crippen LogP contribution is -2.32. The number of hydrogen-bond acceptors (Lipinski definition) is 3. The second-order valence-corrected chi connectivity index (χ2v) is 6.29. The van der Waals surface area contributed by atoms with E-state index in [2.05, 4.69) is 47.2 Å². The second-order valence-electron chi connectivity index (χ2n) is 6.29. The molecule has 0 amide bonds. The highest BCUT2D eigenvalue weighted by atomic mass is 15.1. The summed E-state index contributed by atoms with van der Waals surface area (Å²) in [5.41, 5.74) is 4.60. The van der Waals surface area contributed by atoms with Crippen molar-refractivity contribution in [3.05, 3.63) is 54.1 Å². The zero-order valence-electron chi connectivity index (χ0n) is 13.4. The second kappa shape index (κ2) is 6.73. The first-order chi connectivity index (χ1) is 10.7. The maximum absolute atomic E-state index is 4.38. The van der Waals surface area contributed by atoms with Gasteiger partial charge in [0.05, 0.1) is 11.4 Å². The van der Waals surface area contributed by atoms with Crippen LogP contribution in [0.3, 0.4) is 0 Å². The zero-order chi connectivity index (χ0) is 15.4. The minimum atomic E-state index is 0.684. The number of benzene rings is 2. The molecule has 0 bridgehead atoms. The standard InChI is InChI=1S/C19H23N3/c1-15(2)14-22-12-6-7-16-13-18(10-11-19(16)22)21-20-17-8-4-3-5-9-17/h3-5,8-11,13,15H,6-7,12,14H2,1-2H3. The van der Waals surface area contributed by atoms with Crippen LogP contribution in [0.1, 0.15) is 25.8 Å². The fourth-order valence-electron chi connectivity index (χ4n) is 2.96. The molecule has 0 fully saturated rings. The number of azo groups is 1. The van der Waals surface area contributed by atoms with Gasteiger partial charge in [-0.1, -0.05) is 32.0 Å². The molecular weight excluding hydrogens is 270 g/mol. The van der Waals surface area contributed by atoms with Gasteiger partial charge in [0, 0.05) is 18.8 Å². The third-order valence-corrected chi connectivity index (χ3v) is 3.90. The molecule has 0 unspecified atom stereocenters. The minimum Gasteiger partial charge on any atom is -0.371 e. The summed E-state index contributed by atoms with van der Waals surface area (Å²) < 4.78 is 0. The molecule has 2 aromatic rings. The molecule has 2 aromatic carbocycles. The summed E-state index contributed by atoms with van der Waals surface area (Å²) in [5.74, 6) is 0.684. The Morgan fingerprint density at radius 3 is 2.55 bits per heavy atom. The molecule has 0 aliphatic carbocycles. The summed E-state index contributed by atoms with van der Waals surface area (Å²) in [4.78, 5) is 2.50. The summed E-state index contributed by atoms with van der Waals surface area (Å²) in [6, 6.07) is 16.3. The first kappa shape index (κ1) is 14.8. The molecule has 1 heterocycles. The molecule has 0 radical (unpaired) electrons. The first-order valence-corrected chi connectivity index (χ1v) is 8.07. The van der Waals surface area contributed by atoms with Crippen LogP contribution in [0.4, 0.5) is 17.1 Å². The van der Waals surface area contributed by atoms with Crippen LogP contribution in [0, 0.1) is 5.92 Å². The summed E-state index contributed by atoms with van der Waals surface area (Å²) in [6.07, 6.45) is 2.36. The third kappa shape index (κ3) is 3.53. The molecule has 3 heteroatoms. The number of rotatable bonds is 4. The normalized spacial score (nSPS) is 14.6. The summed E-state index contributed by atoms with van der Waals surface area (Å²) in [7, 11) is 0. The smallest absolute Gasteiger partial charge is 0.0861 e. The van der Waals surface area contributed by atoms with Crippen LogP contribution >= 0.6 is 0 Å². The molecule has 1 aliphatic rings. The van der Waals surface area contributed by atoms with Crippen molar-refractivity contribution in [2.75, 3.05) is 18.0 Å². The van der Waals surface area contributed by atoms with E-state index >= 15 is 0 Å². The van der Waals surface area contributed by atoms with Crippen molar-refractivity contribution in [1.29, 1.82) is 0 Å². The van der Waals surface area contributed by atoms with Gasteiger partial charge in [0.15, 0.2) is 0 Å². The Hall–Kier alpha value is -2.16. The van der Waals surface area contributed by atoms with Crippen LogP contribution in [0.25, 0.3) is 0 Å². The maximum Gasteiger partial charge on any atom is 0.0861 e. The van der Waals surface area contributed by atoms with Gasteiger partial charge in [-0.25, -0.2) is 0 Å². The number of hydrogen-bond donors (Lipinski definition) is 0. The molecule has 0 saturated heterocycles. The average molecular weight is 293 g/mol. The SMILES string of the molecule is CC(C)CN1CCCc2cc(N=Nc3ccccc3)ccc21. The van der Waals surface area contributed by atoms with Crippen molar-refractivity contribution in [2.45, 2.75) is 26.7 Å². The number of anilines is 1. The highest BCUT2D eigenvalue weighted by Gasteiger charge is 2.17. The van der Waals surface area contributed by atoms with Crippen LogP contribution in [0.2, 0.25) is 0 Å². The van der Waals surface area contributed by atoms with E-state index in [1.807, 2.05) is 30.3 Å². The van der Waals surface area contributed by atoms with Crippen molar-refractivity contribution >= 4 is 17.1 Å². The lowest BCUT2D eigenvalue weighted by atomic mass is 10.00. The fourth-order valence-corrected chi connectivity index (χ4v) is 2.96. The van der Waals surface area contributed by atoms with Crippen LogP contribution in [-0.4, -0.2) is 13.1 Å². The Labute approximate surface area is 132 Å². The van der Waals surface area contributed by atoms with Gasteiger partial charge >= 0.3 is 0 Å². The van der Waals surface area contributed by atoms with Crippen LogP contribution in [0.15, 0.2) is 58.8 Å². The third-order valence-electron chi connectivity index (χ3n) is 3.90. The van der Waals surface area contributed by atoms with Crippen LogP contribution < -0.4 is 4.90 Å². The van der Waals surface area contributed by atoms with Gasteiger partial charge in [-0.2, -0.15) is 10.2 Å². The van der Waals surface area contributed by atoms with Crippen LogP contribution in [0.5, 0.6) is 0 Å². The molecule has 0 aromatic heterocycles. The predicted octanol–water partition coefficient (Wildman–Crippen LogP) is 5.51. The van der Waals surface area contributed by atoms with E-state index in [4.69, 9.17) is 0 Å². The Morgan fingerprint density at radius 2 is 1.77 bits per heavy atom. The molecule has 0 spiro atoms.